The lowest BCUT2D eigenvalue weighted by molar-refractivity contribution is 0.0611. The minimum Gasteiger partial charge on any atom is -0.332 e. The lowest BCUT2D eigenvalue weighted by atomic mass is 9.94. The molecule has 0 aromatic heterocycles. The van der Waals surface area contributed by atoms with E-state index in [0.717, 1.165) is 31.1 Å². The minimum atomic E-state index is -3.29. The van der Waals surface area contributed by atoms with Crippen LogP contribution in [0.15, 0.2) is 53.4 Å². The number of hydrogen-bond donors (Lipinski definition) is 0. The van der Waals surface area contributed by atoms with E-state index in [4.69, 9.17) is 0 Å². The van der Waals surface area contributed by atoms with Gasteiger partial charge in [-0.1, -0.05) is 12.1 Å². The Bertz CT molecular complexity index is 861. The maximum Gasteiger partial charge on any atom is 0.254 e. The van der Waals surface area contributed by atoms with Crippen LogP contribution in [0.5, 0.6) is 0 Å². The van der Waals surface area contributed by atoms with Gasteiger partial charge in [0.15, 0.2) is 9.84 Å². The van der Waals surface area contributed by atoms with Crippen molar-refractivity contribution in [3.05, 3.63) is 65.5 Å². The molecule has 1 fully saturated rings. The van der Waals surface area contributed by atoms with Crippen molar-refractivity contribution in [2.45, 2.75) is 30.2 Å². The summed E-state index contributed by atoms with van der Waals surface area (Å²) in [5.41, 5.74) is 1.38. The predicted octanol–water partition coefficient (Wildman–Crippen LogP) is 3.60. The number of carbonyl (C=O) groups is 1. The van der Waals surface area contributed by atoms with Gasteiger partial charge in [-0.25, -0.2) is 12.8 Å². The highest BCUT2D eigenvalue weighted by Crippen LogP contribution is 2.32. The van der Waals surface area contributed by atoms with Crippen LogP contribution in [0.3, 0.4) is 0 Å². The van der Waals surface area contributed by atoms with Gasteiger partial charge in [0.05, 0.1) is 10.9 Å². The maximum atomic E-state index is 13.2. The van der Waals surface area contributed by atoms with Crippen LogP contribution in [-0.4, -0.2) is 32.0 Å². The second kappa shape index (κ2) is 6.96. The monoisotopic (exact) mass is 361 g/mol. The summed E-state index contributed by atoms with van der Waals surface area (Å²) in [6.45, 7) is 0.634. The van der Waals surface area contributed by atoms with Gasteiger partial charge in [-0.3, -0.25) is 4.79 Å². The van der Waals surface area contributed by atoms with Crippen LogP contribution < -0.4 is 0 Å². The zero-order valence-electron chi connectivity index (χ0n) is 14.0. The third kappa shape index (κ3) is 3.90. The smallest absolute Gasteiger partial charge is 0.254 e. The van der Waals surface area contributed by atoms with Gasteiger partial charge in [0.25, 0.3) is 5.91 Å². The third-order valence-corrected chi connectivity index (χ3v) is 5.68. The minimum absolute atomic E-state index is 0.0866. The highest BCUT2D eigenvalue weighted by Gasteiger charge is 2.28. The zero-order chi connectivity index (χ0) is 18.0. The molecule has 3 rings (SSSR count). The molecule has 25 heavy (non-hydrogen) atoms. The van der Waals surface area contributed by atoms with Gasteiger partial charge in [0.2, 0.25) is 0 Å². The Labute approximate surface area is 147 Å². The number of rotatable bonds is 3. The molecule has 0 N–H and O–H groups in total. The van der Waals surface area contributed by atoms with E-state index in [1.54, 1.807) is 29.2 Å². The first-order chi connectivity index (χ1) is 11.9. The number of likely N-dealkylation sites (tertiary alicyclic amines) is 1. The van der Waals surface area contributed by atoms with E-state index < -0.39 is 9.84 Å². The maximum absolute atomic E-state index is 13.2. The Morgan fingerprint density at radius 2 is 1.68 bits per heavy atom. The van der Waals surface area contributed by atoms with Crippen LogP contribution in [0.1, 0.15) is 41.2 Å². The van der Waals surface area contributed by atoms with Crippen molar-refractivity contribution in [2.24, 2.45) is 0 Å². The molecule has 1 aliphatic heterocycles. The average Bonchev–Trinajstić information content (AvgIpc) is 2.61. The summed E-state index contributed by atoms with van der Waals surface area (Å²) in [4.78, 5) is 14.9. The molecular formula is C19H20FNO3S. The molecule has 132 valence electrons. The van der Waals surface area contributed by atoms with Gasteiger partial charge >= 0.3 is 0 Å². The lowest BCUT2D eigenvalue weighted by Crippen LogP contribution is -2.38. The van der Waals surface area contributed by atoms with E-state index in [0.29, 0.717) is 12.1 Å². The van der Waals surface area contributed by atoms with Gasteiger partial charge in [-0.15, -0.1) is 0 Å². The SMILES string of the molecule is CS(=O)(=O)c1ccc(C(=O)N2CCCCC2c2ccc(F)cc2)cc1. The Morgan fingerprint density at radius 1 is 1.04 bits per heavy atom. The van der Waals surface area contributed by atoms with Crippen LogP contribution in [0, 0.1) is 5.82 Å². The van der Waals surface area contributed by atoms with E-state index in [1.165, 1.54) is 24.3 Å². The quantitative estimate of drug-likeness (QED) is 0.839. The summed E-state index contributed by atoms with van der Waals surface area (Å²) in [5, 5.41) is 0. The normalized spacial score (nSPS) is 18.2. The molecule has 4 nitrogen and oxygen atoms in total. The van der Waals surface area contributed by atoms with Crippen molar-refractivity contribution in [2.75, 3.05) is 12.8 Å². The van der Waals surface area contributed by atoms with E-state index >= 15 is 0 Å². The number of piperidine rings is 1. The Hall–Kier alpha value is -2.21. The average molecular weight is 361 g/mol. The number of hydrogen-bond acceptors (Lipinski definition) is 3. The summed E-state index contributed by atoms with van der Waals surface area (Å²) in [6.07, 6.45) is 3.90. The van der Waals surface area contributed by atoms with Crippen molar-refractivity contribution in [1.29, 1.82) is 0 Å². The van der Waals surface area contributed by atoms with Crippen LogP contribution >= 0.6 is 0 Å². The molecule has 1 atom stereocenters. The molecule has 0 aliphatic carbocycles. The topological polar surface area (TPSA) is 54.5 Å². The number of nitrogens with zero attached hydrogens (tertiary/aromatic N) is 1. The van der Waals surface area contributed by atoms with Crippen LogP contribution in [0.4, 0.5) is 4.39 Å². The Balaban J connectivity index is 1.87. The number of halogens is 1. The number of amides is 1. The summed E-state index contributed by atoms with van der Waals surface area (Å²) in [5.74, 6) is -0.428. The standard InChI is InChI=1S/C19H20FNO3S/c1-25(23,24)17-11-7-15(8-12-17)19(22)21-13-3-2-4-18(21)14-5-9-16(20)10-6-14/h5-12,18H,2-4,13H2,1H3. The molecule has 1 aliphatic rings. The molecule has 2 aromatic carbocycles. The van der Waals surface area contributed by atoms with E-state index in [2.05, 4.69) is 0 Å². The second-order valence-electron chi connectivity index (χ2n) is 6.36. The lowest BCUT2D eigenvalue weighted by Gasteiger charge is -2.36. The van der Waals surface area contributed by atoms with E-state index in [1.807, 2.05) is 0 Å². The van der Waals surface area contributed by atoms with Gasteiger partial charge < -0.3 is 4.90 Å². The summed E-state index contributed by atoms with van der Waals surface area (Å²) in [7, 11) is -3.29. The first-order valence-corrected chi connectivity index (χ1v) is 10.1. The van der Waals surface area contributed by atoms with E-state index in [9.17, 15) is 17.6 Å². The van der Waals surface area contributed by atoms with Gasteiger partial charge in [-0.2, -0.15) is 0 Å². The molecular weight excluding hydrogens is 341 g/mol. The first kappa shape index (κ1) is 17.6. The second-order valence-corrected chi connectivity index (χ2v) is 8.37. The van der Waals surface area contributed by atoms with Crippen molar-refractivity contribution in [3.63, 3.8) is 0 Å². The third-order valence-electron chi connectivity index (χ3n) is 4.55. The molecule has 1 heterocycles. The van der Waals surface area contributed by atoms with Gasteiger partial charge in [-0.05, 0) is 61.2 Å². The molecule has 0 saturated carbocycles. The summed E-state index contributed by atoms with van der Waals surface area (Å²) in [6, 6.07) is 12.2. The first-order valence-electron chi connectivity index (χ1n) is 8.23. The zero-order valence-corrected chi connectivity index (χ0v) is 14.8. The molecule has 0 bridgehead atoms. The fraction of sp³-hybridized carbons (Fsp3) is 0.316. The molecule has 1 amide bonds. The van der Waals surface area contributed by atoms with Crippen molar-refractivity contribution in [3.8, 4) is 0 Å². The largest absolute Gasteiger partial charge is 0.332 e. The molecule has 1 saturated heterocycles. The molecule has 0 spiro atoms. The van der Waals surface area contributed by atoms with Crippen molar-refractivity contribution < 1.29 is 17.6 Å². The number of carbonyl (C=O) groups excluding carboxylic acids is 1. The van der Waals surface area contributed by atoms with E-state index in [-0.39, 0.29) is 22.7 Å². The van der Waals surface area contributed by atoms with Crippen LogP contribution in [-0.2, 0) is 9.84 Å². The molecule has 1 unspecified atom stereocenters. The predicted molar refractivity (Wildman–Crippen MR) is 93.6 cm³/mol. The Kier molecular flexibility index (Phi) is 4.90. The fourth-order valence-corrected chi connectivity index (χ4v) is 3.85. The highest BCUT2D eigenvalue weighted by molar-refractivity contribution is 7.90. The van der Waals surface area contributed by atoms with Gasteiger partial charge in [0.1, 0.15) is 5.82 Å². The molecule has 6 heteroatoms. The Morgan fingerprint density at radius 3 is 2.28 bits per heavy atom. The number of benzene rings is 2. The molecule has 2 aromatic rings. The van der Waals surface area contributed by atoms with Crippen molar-refractivity contribution >= 4 is 15.7 Å². The number of sulfone groups is 1. The highest BCUT2D eigenvalue weighted by atomic mass is 32.2. The fourth-order valence-electron chi connectivity index (χ4n) is 3.22. The summed E-state index contributed by atoms with van der Waals surface area (Å²) >= 11 is 0. The summed E-state index contributed by atoms with van der Waals surface area (Å²) < 4.78 is 36.3. The van der Waals surface area contributed by atoms with Crippen LogP contribution in [0.25, 0.3) is 0 Å². The van der Waals surface area contributed by atoms with Crippen LogP contribution in [0.2, 0.25) is 0 Å². The molecule has 0 radical (unpaired) electrons. The van der Waals surface area contributed by atoms with Gasteiger partial charge in [0, 0.05) is 18.4 Å². The van der Waals surface area contributed by atoms with Crippen molar-refractivity contribution in [1.82, 2.24) is 4.90 Å².